The van der Waals surface area contributed by atoms with Crippen molar-refractivity contribution in [1.29, 1.82) is 0 Å². The quantitative estimate of drug-likeness (QED) is 0.220. The Morgan fingerprint density at radius 1 is 1.26 bits per heavy atom. The van der Waals surface area contributed by atoms with Crippen LogP contribution in [0.3, 0.4) is 0 Å². The van der Waals surface area contributed by atoms with Gasteiger partial charge in [-0.15, -0.1) is 0 Å². The maximum Gasteiger partial charge on any atom is 0.307 e. The van der Waals surface area contributed by atoms with Gasteiger partial charge in [-0.05, 0) is 50.4 Å². The van der Waals surface area contributed by atoms with Crippen LogP contribution in [-0.2, 0) is 14.3 Å². The number of unbranched alkanes of at least 4 members (excludes halogenated alkanes) is 3. The Kier molecular flexibility index (Phi) is 11.3. The van der Waals surface area contributed by atoms with E-state index in [-0.39, 0.29) is 30.3 Å². The van der Waals surface area contributed by atoms with Crippen molar-refractivity contribution in [3.8, 4) is 0 Å². The highest BCUT2D eigenvalue weighted by atomic mass is 16.5. The molecule has 0 aromatic heterocycles. The van der Waals surface area contributed by atoms with Gasteiger partial charge in [0.05, 0.1) is 25.7 Å². The lowest BCUT2D eigenvalue weighted by atomic mass is 9.88. The zero-order chi connectivity index (χ0) is 22.6. The number of fused-ring (bicyclic) bond motifs is 1. The van der Waals surface area contributed by atoms with Crippen molar-refractivity contribution in [3.05, 3.63) is 23.8 Å². The van der Waals surface area contributed by atoms with Gasteiger partial charge in [-0.2, -0.15) is 0 Å². The van der Waals surface area contributed by atoms with Crippen molar-refractivity contribution < 1.29 is 24.5 Å². The van der Waals surface area contributed by atoms with Crippen molar-refractivity contribution >= 4 is 11.9 Å². The van der Waals surface area contributed by atoms with Gasteiger partial charge in [0, 0.05) is 18.9 Å². The summed E-state index contributed by atoms with van der Waals surface area (Å²) in [5, 5.41) is 23.4. The first-order chi connectivity index (χ1) is 14.9. The summed E-state index contributed by atoms with van der Waals surface area (Å²) in [6.45, 7) is 2.48. The van der Waals surface area contributed by atoms with E-state index in [9.17, 15) is 19.8 Å². The molecule has 0 bridgehead atoms. The fraction of sp³-hybridized carbons (Fsp3) is 0.760. The second kappa shape index (κ2) is 13.7. The number of hydrogen-bond donors (Lipinski definition) is 3. The van der Waals surface area contributed by atoms with Crippen molar-refractivity contribution in [2.45, 2.75) is 89.8 Å². The van der Waals surface area contributed by atoms with Gasteiger partial charge in [-0.25, -0.2) is 0 Å². The molecule has 2 aliphatic rings. The minimum absolute atomic E-state index is 0.0213. The molecule has 0 aromatic rings. The number of ether oxygens (including phenoxy) is 1. The fourth-order valence-corrected chi connectivity index (χ4v) is 4.88. The highest BCUT2D eigenvalue weighted by Gasteiger charge is 2.43. The molecular weight excluding hydrogens is 394 g/mol. The van der Waals surface area contributed by atoms with Crippen LogP contribution in [0.25, 0.3) is 0 Å². The summed E-state index contributed by atoms with van der Waals surface area (Å²) in [6.07, 6.45) is 15.0. The van der Waals surface area contributed by atoms with Crippen LogP contribution < -0.4 is 5.32 Å². The minimum atomic E-state index is -0.412. The van der Waals surface area contributed by atoms with E-state index in [2.05, 4.69) is 29.1 Å². The molecule has 0 unspecified atom stereocenters. The van der Waals surface area contributed by atoms with E-state index in [0.29, 0.717) is 24.8 Å². The molecule has 0 saturated heterocycles. The lowest BCUT2D eigenvalue weighted by molar-refractivity contribution is -0.140. The molecule has 1 amide bonds. The fourth-order valence-electron chi connectivity index (χ4n) is 4.88. The number of esters is 1. The highest BCUT2D eigenvalue weighted by Crippen LogP contribution is 2.48. The molecule has 6 nitrogen and oxygen atoms in total. The van der Waals surface area contributed by atoms with Gasteiger partial charge in [-0.1, -0.05) is 50.0 Å². The summed E-state index contributed by atoms with van der Waals surface area (Å²) >= 11 is 0. The number of nitrogens with one attached hydrogen (secondary N) is 1. The van der Waals surface area contributed by atoms with E-state index in [4.69, 9.17) is 0 Å². The summed E-state index contributed by atoms with van der Waals surface area (Å²) in [5.74, 6) is 0.652. The first kappa shape index (κ1) is 25.6. The van der Waals surface area contributed by atoms with Crippen molar-refractivity contribution in [1.82, 2.24) is 5.32 Å². The molecule has 0 aromatic carbocycles. The number of methoxy groups -OCH3 is 1. The first-order valence-corrected chi connectivity index (χ1v) is 12.0. The molecule has 3 N–H and O–H groups in total. The van der Waals surface area contributed by atoms with E-state index in [1.165, 1.54) is 12.7 Å². The van der Waals surface area contributed by atoms with E-state index in [1.807, 2.05) is 6.08 Å². The second-order valence-corrected chi connectivity index (χ2v) is 9.07. The topological polar surface area (TPSA) is 95.9 Å². The van der Waals surface area contributed by atoms with Crippen molar-refractivity contribution in [2.24, 2.45) is 17.8 Å². The molecule has 0 aliphatic heterocycles. The zero-order valence-electron chi connectivity index (χ0n) is 19.2. The predicted molar refractivity (Wildman–Crippen MR) is 121 cm³/mol. The van der Waals surface area contributed by atoms with Crippen LogP contribution >= 0.6 is 0 Å². The molecule has 6 heteroatoms. The van der Waals surface area contributed by atoms with Gasteiger partial charge in [0.15, 0.2) is 0 Å². The van der Waals surface area contributed by atoms with Gasteiger partial charge in [-0.3, -0.25) is 9.59 Å². The zero-order valence-corrected chi connectivity index (χ0v) is 19.2. The molecule has 2 rings (SSSR count). The van der Waals surface area contributed by atoms with Crippen LogP contribution in [0.4, 0.5) is 0 Å². The summed E-state index contributed by atoms with van der Waals surface area (Å²) < 4.78 is 4.55. The number of carbonyl (C=O) groups excluding carboxylic acids is 2. The SMILES string of the molecule is CCCCC[C@H](O)C=C[C@@H]1[C@H]2CC(CCCCC(=O)NCCC(=O)OC)=C[C@H]2C[C@H]1O. The molecule has 176 valence electrons. The van der Waals surface area contributed by atoms with Crippen LogP contribution in [0.1, 0.15) is 77.6 Å². The van der Waals surface area contributed by atoms with Crippen LogP contribution in [0.15, 0.2) is 23.8 Å². The van der Waals surface area contributed by atoms with Crippen molar-refractivity contribution in [2.75, 3.05) is 13.7 Å². The highest BCUT2D eigenvalue weighted by molar-refractivity contribution is 5.76. The Balaban J connectivity index is 1.66. The largest absolute Gasteiger partial charge is 0.469 e. The number of carbonyl (C=O) groups is 2. The molecule has 5 atom stereocenters. The molecule has 1 saturated carbocycles. The number of aliphatic hydroxyl groups excluding tert-OH is 2. The Morgan fingerprint density at radius 3 is 2.81 bits per heavy atom. The van der Waals surface area contributed by atoms with Gasteiger partial charge < -0.3 is 20.3 Å². The first-order valence-electron chi connectivity index (χ1n) is 12.0. The van der Waals surface area contributed by atoms with E-state index in [0.717, 1.165) is 57.8 Å². The van der Waals surface area contributed by atoms with Crippen LogP contribution in [0, 0.1) is 17.8 Å². The maximum absolute atomic E-state index is 11.8. The molecule has 0 spiro atoms. The summed E-state index contributed by atoms with van der Waals surface area (Å²) in [6, 6.07) is 0. The third-order valence-electron chi connectivity index (χ3n) is 6.64. The lowest BCUT2D eigenvalue weighted by Crippen LogP contribution is -2.25. The Bertz CT molecular complexity index is 629. The van der Waals surface area contributed by atoms with E-state index in [1.54, 1.807) is 0 Å². The summed E-state index contributed by atoms with van der Waals surface area (Å²) in [7, 11) is 1.34. The van der Waals surface area contributed by atoms with Crippen LogP contribution in [-0.4, -0.2) is 48.0 Å². The number of hydrogen-bond acceptors (Lipinski definition) is 5. The molecule has 2 aliphatic carbocycles. The Hall–Kier alpha value is -1.66. The normalized spacial score (nSPS) is 26.0. The predicted octanol–water partition coefficient (Wildman–Crippen LogP) is 3.67. The molecule has 1 fully saturated rings. The Labute approximate surface area is 187 Å². The van der Waals surface area contributed by atoms with E-state index < -0.39 is 6.10 Å². The molecular formula is C25H41NO5. The van der Waals surface area contributed by atoms with Gasteiger partial charge in [0.2, 0.25) is 5.91 Å². The van der Waals surface area contributed by atoms with E-state index >= 15 is 0 Å². The van der Waals surface area contributed by atoms with Gasteiger partial charge in [0.1, 0.15) is 0 Å². The number of aliphatic hydroxyl groups is 2. The average Bonchev–Trinajstić information content (AvgIpc) is 3.26. The Morgan fingerprint density at radius 2 is 2.06 bits per heavy atom. The summed E-state index contributed by atoms with van der Waals surface area (Å²) in [4.78, 5) is 22.9. The molecule has 0 heterocycles. The standard InChI is InChI=1S/C25H41NO5/c1-3-4-5-9-20(27)11-12-21-22-16-18(15-19(22)17-23(21)28)8-6-7-10-24(29)26-14-13-25(30)31-2/h11-12,15,19-23,27-28H,3-10,13-14,16-17H2,1-2H3,(H,26,29)/t19-,20-,21+,22-,23+/m0/s1. The molecule has 31 heavy (non-hydrogen) atoms. The smallest absolute Gasteiger partial charge is 0.307 e. The van der Waals surface area contributed by atoms with Crippen molar-refractivity contribution in [3.63, 3.8) is 0 Å². The average molecular weight is 436 g/mol. The lowest BCUT2D eigenvalue weighted by Gasteiger charge is -2.19. The van der Waals surface area contributed by atoms with Gasteiger partial charge >= 0.3 is 5.97 Å². The summed E-state index contributed by atoms with van der Waals surface area (Å²) in [5.41, 5.74) is 1.44. The third-order valence-corrected chi connectivity index (χ3v) is 6.64. The number of rotatable bonds is 14. The maximum atomic E-state index is 11.8. The third kappa shape index (κ3) is 8.77. The number of allylic oxidation sites excluding steroid dienone is 2. The number of amides is 1. The molecule has 0 radical (unpaired) electrons. The monoisotopic (exact) mass is 435 g/mol. The second-order valence-electron chi connectivity index (χ2n) is 9.07. The minimum Gasteiger partial charge on any atom is -0.469 e. The van der Waals surface area contributed by atoms with Crippen LogP contribution in [0.2, 0.25) is 0 Å². The van der Waals surface area contributed by atoms with Crippen LogP contribution in [0.5, 0.6) is 0 Å². The van der Waals surface area contributed by atoms with Gasteiger partial charge in [0.25, 0.3) is 0 Å².